The first kappa shape index (κ1) is 13.9. The number of ether oxygens (including phenoxy) is 1. The summed E-state index contributed by atoms with van der Waals surface area (Å²) in [4.78, 5) is 14.2. The van der Waals surface area contributed by atoms with Crippen LogP contribution in [0.15, 0.2) is 24.3 Å². The van der Waals surface area contributed by atoms with Crippen LogP contribution in [0, 0.1) is 0 Å². The molecule has 1 atom stereocenters. The van der Waals surface area contributed by atoms with Crippen molar-refractivity contribution in [2.24, 2.45) is 0 Å². The molecule has 1 aromatic carbocycles. The van der Waals surface area contributed by atoms with E-state index in [0.717, 1.165) is 31.7 Å². The SMILES string of the molecule is COc1ccc(C(C)CC(=O)N2CCCCC2)cc1. The second-order valence-corrected chi connectivity index (χ2v) is 5.32. The quantitative estimate of drug-likeness (QED) is 0.833. The minimum Gasteiger partial charge on any atom is -0.497 e. The summed E-state index contributed by atoms with van der Waals surface area (Å²) < 4.78 is 5.15. The average molecular weight is 261 g/mol. The zero-order valence-electron chi connectivity index (χ0n) is 11.9. The molecule has 0 bridgehead atoms. The summed E-state index contributed by atoms with van der Waals surface area (Å²) in [5, 5.41) is 0. The summed E-state index contributed by atoms with van der Waals surface area (Å²) in [6.45, 7) is 3.99. The fourth-order valence-electron chi connectivity index (χ4n) is 2.58. The van der Waals surface area contributed by atoms with Crippen molar-refractivity contribution in [3.63, 3.8) is 0 Å². The Labute approximate surface area is 115 Å². The zero-order chi connectivity index (χ0) is 13.7. The van der Waals surface area contributed by atoms with Gasteiger partial charge in [-0.05, 0) is 42.9 Å². The second kappa shape index (κ2) is 6.60. The van der Waals surface area contributed by atoms with Crippen LogP contribution in [0.3, 0.4) is 0 Å². The summed E-state index contributed by atoms with van der Waals surface area (Å²) in [5.41, 5.74) is 1.20. The highest BCUT2D eigenvalue weighted by atomic mass is 16.5. The molecule has 0 aromatic heterocycles. The first-order chi connectivity index (χ1) is 9.20. The van der Waals surface area contributed by atoms with E-state index in [0.29, 0.717) is 12.3 Å². The number of carbonyl (C=O) groups is 1. The molecule has 1 unspecified atom stereocenters. The van der Waals surface area contributed by atoms with Gasteiger partial charge in [-0.15, -0.1) is 0 Å². The summed E-state index contributed by atoms with van der Waals surface area (Å²) in [7, 11) is 1.66. The number of amides is 1. The molecule has 104 valence electrons. The van der Waals surface area contributed by atoms with Gasteiger partial charge in [0.25, 0.3) is 0 Å². The molecule has 0 saturated carbocycles. The third kappa shape index (κ3) is 3.72. The Morgan fingerprint density at radius 1 is 1.21 bits per heavy atom. The van der Waals surface area contributed by atoms with E-state index in [9.17, 15) is 4.79 Å². The molecule has 0 spiro atoms. The largest absolute Gasteiger partial charge is 0.497 e. The minimum atomic E-state index is 0.264. The maximum absolute atomic E-state index is 12.2. The molecule has 0 N–H and O–H groups in total. The van der Waals surface area contributed by atoms with Gasteiger partial charge in [0, 0.05) is 19.5 Å². The van der Waals surface area contributed by atoms with Crippen LogP contribution in [0.4, 0.5) is 0 Å². The summed E-state index contributed by atoms with van der Waals surface area (Å²) in [6, 6.07) is 8.01. The Hall–Kier alpha value is -1.51. The van der Waals surface area contributed by atoms with Gasteiger partial charge in [0.2, 0.25) is 5.91 Å². The van der Waals surface area contributed by atoms with Crippen LogP contribution >= 0.6 is 0 Å². The normalized spacial score (nSPS) is 17.1. The molecule has 0 aliphatic carbocycles. The van der Waals surface area contributed by atoms with Gasteiger partial charge in [0.05, 0.1) is 7.11 Å². The van der Waals surface area contributed by atoms with Crippen LogP contribution in [0.1, 0.15) is 44.1 Å². The zero-order valence-corrected chi connectivity index (χ0v) is 11.9. The van der Waals surface area contributed by atoms with Gasteiger partial charge in [-0.3, -0.25) is 4.79 Å². The molecule has 1 aliphatic heterocycles. The molecule has 1 aliphatic rings. The number of hydrogen-bond acceptors (Lipinski definition) is 2. The Balaban J connectivity index is 1.91. The number of benzene rings is 1. The lowest BCUT2D eigenvalue weighted by Gasteiger charge is -2.28. The smallest absolute Gasteiger partial charge is 0.223 e. The summed E-state index contributed by atoms with van der Waals surface area (Å²) in [5.74, 6) is 1.42. The highest BCUT2D eigenvalue weighted by molar-refractivity contribution is 5.77. The van der Waals surface area contributed by atoms with E-state index in [1.807, 2.05) is 29.2 Å². The first-order valence-corrected chi connectivity index (χ1v) is 7.12. The molecule has 0 radical (unpaired) electrons. The Bertz CT molecular complexity index is 407. The predicted octanol–water partition coefficient (Wildman–Crippen LogP) is 3.20. The van der Waals surface area contributed by atoms with Crippen molar-refractivity contribution in [1.82, 2.24) is 4.90 Å². The van der Waals surface area contributed by atoms with Crippen LogP contribution in [-0.2, 0) is 4.79 Å². The van der Waals surface area contributed by atoms with Gasteiger partial charge in [0.15, 0.2) is 0 Å². The average Bonchev–Trinajstić information content (AvgIpc) is 2.48. The number of carbonyl (C=O) groups excluding carboxylic acids is 1. The van der Waals surface area contributed by atoms with Crippen LogP contribution in [0.25, 0.3) is 0 Å². The van der Waals surface area contributed by atoms with Gasteiger partial charge < -0.3 is 9.64 Å². The van der Waals surface area contributed by atoms with E-state index in [1.54, 1.807) is 7.11 Å². The van der Waals surface area contributed by atoms with Crippen molar-refractivity contribution >= 4 is 5.91 Å². The summed E-state index contributed by atoms with van der Waals surface area (Å²) in [6.07, 6.45) is 4.18. The number of methoxy groups -OCH3 is 1. The Morgan fingerprint density at radius 2 is 1.84 bits per heavy atom. The van der Waals surface area contributed by atoms with Crippen LogP contribution in [0.5, 0.6) is 5.75 Å². The van der Waals surface area contributed by atoms with Gasteiger partial charge in [0.1, 0.15) is 5.75 Å². The van der Waals surface area contributed by atoms with Gasteiger partial charge in [-0.1, -0.05) is 19.1 Å². The van der Waals surface area contributed by atoms with Crippen molar-refractivity contribution in [3.05, 3.63) is 29.8 Å². The molecular weight excluding hydrogens is 238 g/mol. The van der Waals surface area contributed by atoms with Crippen LogP contribution in [0.2, 0.25) is 0 Å². The number of nitrogens with zero attached hydrogens (tertiary/aromatic N) is 1. The highest BCUT2D eigenvalue weighted by Gasteiger charge is 2.19. The van der Waals surface area contributed by atoms with E-state index in [-0.39, 0.29) is 5.92 Å². The maximum Gasteiger partial charge on any atom is 0.223 e. The van der Waals surface area contributed by atoms with Crippen molar-refractivity contribution < 1.29 is 9.53 Å². The molecule has 1 fully saturated rings. The molecule has 1 saturated heterocycles. The first-order valence-electron chi connectivity index (χ1n) is 7.12. The number of rotatable bonds is 4. The van der Waals surface area contributed by atoms with E-state index < -0.39 is 0 Å². The third-order valence-electron chi connectivity index (χ3n) is 3.87. The molecule has 1 heterocycles. The number of hydrogen-bond donors (Lipinski definition) is 0. The van der Waals surface area contributed by atoms with Crippen molar-refractivity contribution in [3.8, 4) is 5.75 Å². The molecule has 3 nitrogen and oxygen atoms in total. The molecule has 1 amide bonds. The molecule has 3 heteroatoms. The fraction of sp³-hybridized carbons (Fsp3) is 0.562. The van der Waals surface area contributed by atoms with E-state index in [1.165, 1.54) is 12.0 Å². The lowest BCUT2D eigenvalue weighted by Crippen LogP contribution is -2.36. The van der Waals surface area contributed by atoms with Crippen LogP contribution < -0.4 is 4.74 Å². The number of likely N-dealkylation sites (tertiary alicyclic amines) is 1. The highest BCUT2D eigenvalue weighted by Crippen LogP contribution is 2.23. The van der Waals surface area contributed by atoms with Gasteiger partial charge >= 0.3 is 0 Å². The minimum absolute atomic E-state index is 0.264. The molecule has 2 rings (SSSR count). The third-order valence-corrected chi connectivity index (χ3v) is 3.87. The van der Waals surface area contributed by atoms with Crippen molar-refractivity contribution in [1.29, 1.82) is 0 Å². The standard InChI is InChI=1S/C16H23NO2/c1-13(14-6-8-15(19-2)9-7-14)12-16(18)17-10-4-3-5-11-17/h6-9,13H,3-5,10-12H2,1-2H3. The number of piperidine rings is 1. The van der Waals surface area contributed by atoms with E-state index >= 15 is 0 Å². The second-order valence-electron chi connectivity index (χ2n) is 5.32. The van der Waals surface area contributed by atoms with E-state index in [2.05, 4.69) is 6.92 Å². The predicted molar refractivity (Wildman–Crippen MR) is 76.5 cm³/mol. The Kier molecular flexibility index (Phi) is 4.83. The maximum atomic E-state index is 12.2. The monoisotopic (exact) mass is 261 g/mol. The van der Waals surface area contributed by atoms with E-state index in [4.69, 9.17) is 4.74 Å². The molecule has 19 heavy (non-hydrogen) atoms. The lowest BCUT2D eigenvalue weighted by atomic mass is 9.96. The fourth-order valence-corrected chi connectivity index (χ4v) is 2.58. The lowest BCUT2D eigenvalue weighted by molar-refractivity contribution is -0.132. The van der Waals surface area contributed by atoms with Gasteiger partial charge in [-0.25, -0.2) is 0 Å². The van der Waals surface area contributed by atoms with Crippen LogP contribution in [-0.4, -0.2) is 31.0 Å². The van der Waals surface area contributed by atoms with Crippen molar-refractivity contribution in [2.45, 2.75) is 38.5 Å². The topological polar surface area (TPSA) is 29.5 Å². The summed E-state index contributed by atoms with van der Waals surface area (Å²) >= 11 is 0. The molecule has 1 aromatic rings. The molecular formula is C16H23NO2. The van der Waals surface area contributed by atoms with Crippen molar-refractivity contribution in [2.75, 3.05) is 20.2 Å². The Morgan fingerprint density at radius 3 is 2.42 bits per heavy atom. The van der Waals surface area contributed by atoms with Gasteiger partial charge in [-0.2, -0.15) is 0 Å².